The Balaban J connectivity index is 1.87. The highest BCUT2D eigenvalue weighted by atomic mass is 35.5. The van der Waals surface area contributed by atoms with Crippen LogP contribution in [0, 0.1) is 11.3 Å². The van der Waals surface area contributed by atoms with Gasteiger partial charge in [-0.25, -0.2) is 0 Å². The Kier molecular flexibility index (Phi) is 6.90. The summed E-state index contributed by atoms with van der Waals surface area (Å²) in [6, 6.07) is 20.1. The maximum absolute atomic E-state index is 9.55. The molecule has 3 aromatic rings. The number of hydrogen-bond acceptors (Lipinski definition) is 2. The number of hydrogen-bond donors (Lipinski definition) is 1. The summed E-state index contributed by atoms with van der Waals surface area (Å²) in [6.45, 7) is 0. The second-order valence-electron chi connectivity index (χ2n) is 6.19. The molecule has 0 aliphatic carbocycles. The van der Waals surface area contributed by atoms with Crippen LogP contribution in [0.1, 0.15) is 22.3 Å². The van der Waals surface area contributed by atoms with Gasteiger partial charge in [0, 0.05) is 5.70 Å². The van der Waals surface area contributed by atoms with Crippen LogP contribution in [0.2, 0.25) is 20.1 Å². The summed E-state index contributed by atoms with van der Waals surface area (Å²) in [5.41, 5.74) is 10.5. The summed E-state index contributed by atoms with van der Waals surface area (Å²) in [5.74, 6) is 0. The van der Waals surface area contributed by atoms with Crippen LogP contribution >= 0.6 is 46.4 Å². The second-order valence-corrected chi connectivity index (χ2v) is 7.82. The fourth-order valence-electron chi connectivity index (χ4n) is 2.66. The van der Waals surface area contributed by atoms with Crippen molar-refractivity contribution < 1.29 is 0 Å². The molecule has 0 saturated heterocycles. The van der Waals surface area contributed by atoms with E-state index in [0.29, 0.717) is 31.4 Å². The zero-order chi connectivity index (χ0) is 21.0. The predicted octanol–water partition coefficient (Wildman–Crippen LogP) is 7.82. The third-order valence-electron chi connectivity index (χ3n) is 4.17. The maximum Gasteiger partial charge on any atom is 0.0998 e. The number of rotatable bonds is 4. The van der Waals surface area contributed by atoms with E-state index in [-0.39, 0.29) is 0 Å². The van der Waals surface area contributed by atoms with E-state index in [9.17, 15) is 5.26 Å². The van der Waals surface area contributed by atoms with Crippen LogP contribution in [0.5, 0.6) is 0 Å². The molecule has 2 N–H and O–H groups in total. The van der Waals surface area contributed by atoms with Crippen molar-refractivity contribution >= 4 is 69.8 Å². The standard InChI is InChI=1S/C23H14Cl4N2/c24-19-7-1-14(10-21(19)26)9-18(13-28)16-3-5-17(6-4-16)23(29)12-15-2-8-20(25)22(27)11-15/h1-12H,29H2/b18-9+,23-12-. The monoisotopic (exact) mass is 458 g/mol. The Morgan fingerprint density at radius 3 is 1.66 bits per heavy atom. The number of halogens is 4. The summed E-state index contributed by atoms with van der Waals surface area (Å²) in [7, 11) is 0. The Labute approximate surface area is 189 Å². The predicted molar refractivity (Wildman–Crippen MR) is 125 cm³/mol. The van der Waals surface area contributed by atoms with E-state index in [1.165, 1.54) is 0 Å². The third-order valence-corrected chi connectivity index (χ3v) is 5.65. The van der Waals surface area contributed by atoms with Crippen molar-refractivity contribution in [2.24, 2.45) is 5.73 Å². The van der Waals surface area contributed by atoms with Gasteiger partial charge in [-0.2, -0.15) is 5.26 Å². The first-order valence-corrected chi connectivity index (χ1v) is 9.98. The Hall–Kier alpha value is -2.41. The number of allylic oxidation sites excluding steroid dienone is 1. The van der Waals surface area contributed by atoms with Crippen LogP contribution in [0.25, 0.3) is 23.4 Å². The van der Waals surface area contributed by atoms with Gasteiger partial charge >= 0.3 is 0 Å². The van der Waals surface area contributed by atoms with E-state index in [1.807, 2.05) is 36.4 Å². The summed E-state index contributed by atoms with van der Waals surface area (Å²) in [4.78, 5) is 0. The zero-order valence-electron chi connectivity index (χ0n) is 15.0. The summed E-state index contributed by atoms with van der Waals surface area (Å²) >= 11 is 24.0. The number of nitrogens with two attached hydrogens (primary N) is 1. The molecule has 0 amide bonds. The Morgan fingerprint density at radius 2 is 1.17 bits per heavy atom. The van der Waals surface area contributed by atoms with Crippen molar-refractivity contribution in [2.45, 2.75) is 0 Å². The van der Waals surface area contributed by atoms with Crippen molar-refractivity contribution in [2.75, 3.05) is 0 Å². The first-order chi connectivity index (χ1) is 13.9. The molecule has 3 aromatic carbocycles. The highest BCUT2D eigenvalue weighted by Crippen LogP contribution is 2.27. The van der Waals surface area contributed by atoms with Gasteiger partial charge in [-0.15, -0.1) is 0 Å². The molecule has 0 bridgehead atoms. The maximum atomic E-state index is 9.55. The normalized spacial score (nSPS) is 12.0. The fourth-order valence-corrected chi connectivity index (χ4v) is 3.27. The number of benzene rings is 3. The van der Waals surface area contributed by atoms with Crippen molar-refractivity contribution in [3.8, 4) is 6.07 Å². The number of nitrogens with zero attached hydrogens (tertiary/aromatic N) is 1. The quantitative estimate of drug-likeness (QED) is 0.319. The van der Waals surface area contributed by atoms with E-state index >= 15 is 0 Å². The van der Waals surface area contributed by atoms with Gasteiger partial charge in [-0.1, -0.05) is 82.8 Å². The summed E-state index contributed by atoms with van der Waals surface area (Å²) in [6.07, 6.45) is 3.57. The lowest BCUT2D eigenvalue weighted by atomic mass is 10.0. The molecule has 0 saturated carbocycles. The van der Waals surface area contributed by atoms with Gasteiger partial charge in [0.1, 0.15) is 0 Å². The lowest BCUT2D eigenvalue weighted by Crippen LogP contribution is -1.96. The molecule has 29 heavy (non-hydrogen) atoms. The highest BCUT2D eigenvalue weighted by Gasteiger charge is 2.05. The van der Waals surface area contributed by atoms with Crippen LogP contribution in [0.15, 0.2) is 60.7 Å². The molecule has 0 aromatic heterocycles. The summed E-state index contributed by atoms with van der Waals surface area (Å²) < 4.78 is 0. The molecule has 2 nitrogen and oxygen atoms in total. The van der Waals surface area contributed by atoms with Gasteiger partial charge in [0.2, 0.25) is 0 Å². The molecule has 0 unspecified atom stereocenters. The lowest BCUT2D eigenvalue weighted by Gasteiger charge is -2.06. The molecule has 0 fully saturated rings. The Morgan fingerprint density at radius 1 is 0.690 bits per heavy atom. The molecule has 6 heteroatoms. The molecule has 0 atom stereocenters. The molecule has 0 aliphatic heterocycles. The SMILES string of the molecule is N#C/C(=C\c1ccc(Cl)c(Cl)c1)c1ccc(/C(N)=C/c2ccc(Cl)c(Cl)c2)cc1. The minimum atomic E-state index is 0.438. The van der Waals surface area contributed by atoms with Gasteiger partial charge in [-0.3, -0.25) is 0 Å². The fraction of sp³-hybridized carbons (Fsp3) is 0. The molecule has 0 radical (unpaired) electrons. The van der Waals surface area contributed by atoms with Gasteiger partial charge < -0.3 is 5.73 Å². The average molecular weight is 460 g/mol. The van der Waals surface area contributed by atoms with Crippen LogP contribution in [-0.2, 0) is 0 Å². The first kappa shape index (κ1) is 21.3. The van der Waals surface area contributed by atoms with Crippen LogP contribution in [0.3, 0.4) is 0 Å². The molecule has 144 valence electrons. The van der Waals surface area contributed by atoms with Gasteiger partial charge in [0.05, 0.1) is 31.7 Å². The molecular formula is C23H14Cl4N2. The van der Waals surface area contributed by atoms with Gasteiger partial charge in [0.25, 0.3) is 0 Å². The minimum Gasteiger partial charge on any atom is -0.398 e. The van der Waals surface area contributed by atoms with Crippen molar-refractivity contribution in [1.29, 1.82) is 5.26 Å². The van der Waals surface area contributed by atoms with Crippen molar-refractivity contribution in [3.63, 3.8) is 0 Å². The Bertz CT molecular complexity index is 1160. The largest absolute Gasteiger partial charge is 0.398 e. The van der Waals surface area contributed by atoms with Crippen molar-refractivity contribution in [3.05, 3.63) is 103 Å². The van der Waals surface area contributed by atoms with E-state index < -0.39 is 0 Å². The van der Waals surface area contributed by atoms with Gasteiger partial charge in [-0.05, 0) is 58.7 Å². The van der Waals surface area contributed by atoms with E-state index in [2.05, 4.69) is 6.07 Å². The van der Waals surface area contributed by atoms with Crippen LogP contribution < -0.4 is 5.73 Å². The van der Waals surface area contributed by atoms with Crippen LogP contribution in [-0.4, -0.2) is 0 Å². The van der Waals surface area contributed by atoms with E-state index in [4.69, 9.17) is 52.1 Å². The van der Waals surface area contributed by atoms with Crippen molar-refractivity contribution in [1.82, 2.24) is 0 Å². The first-order valence-electron chi connectivity index (χ1n) is 8.47. The molecular weight excluding hydrogens is 446 g/mol. The molecule has 0 heterocycles. The van der Waals surface area contributed by atoms with Crippen LogP contribution in [0.4, 0.5) is 0 Å². The molecule has 0 aliphatic rings. The average Bonchev–Trinajstić information content (AvgIpc) is 2.71. The summed E-state index contributed by atoms with van der Waals surface area (Å²) in [5, 5.41) is 11.4. The molecule has 0 spiro atoms. The highest BCUT2D eigenvalue weighted by molar-refractivity contribution is 6.42. The smallest absolute Gasteiger partial charge is 0.0998 e. The van der Waals surface area contributed by atoms with E-state index in [1.54, 1.807) is 36.4 Å². The zero-order valence-corrected chi connectivity index (χ0v) is 18.0. The topological polar surface area (TPSA) is 49.8 Å². The molecule has 3 rings (SSSR count). The lowest BCUT2D eigenvalue weighted by molar-refractivity contribution is 1.49. The number of nitriles is 1. The van der Waals surface area contributed by atoms with Gasteiger partial charge in [0.15, 0.2) is 0 Å². The minimum absolute atomic E-state index is 0.438. The second kappa shape index (κ2) is 9.39. The third kappa shape index (κ3) is 5.35. The van der Waals surface area contributed by atoms with E-state index in [0.717, 1.165) is 22.3 Å².